The van der Waals surface area contributed by atoms with Crippen molar-refractivity contribution < 1.29 is 4.79 Å². The molecule has 1 aromatic carbocycles. The lowest BCUT2D eigenvalue weighted by atomic mass is 9.93. The summed E-state index contributed by atoms with van der Waals surface area (Å²) in [5.74, 6) is 0.179. The Hall–Kier alpha value is -0.830. The maximum atomic E-state index is 12.7. The van der Waals surface area contributed by atoms with Gasteiger partial charge in [-0.25, -0.2) is 0 Å². The van der Waals surface area contributed by atoms with Gasteiger partial charge in [-0.05, 0) is 50.5 Å². The summed E-state index contributed by atoms with van der Waals surface area (Å²) in [6, 6.07) is 6.39. The maximum absolute atomic E-state index is 12.7. The van der Waals surface area contributed by atoms with Crippen LogP contribution in [0.1, 0.15) is 54.9 Å². The molecule has 0 bridgehead atoms. The molecule has 104 valence electrons. The van der Waals surface area contributed by atoms with Crippen LogP contribution in [0.4, 0.5) is 0 Å². The van der Waals surface area contributed by atoms with Crippen LogP contribution in [0.25, 0.3) is 0 Å². The Kier molecular flexibility index (Phi) is 5.03. The van der Waals surface area contributed by atoms with E-state index in [-0.39, 0.29) is 5.91 Å². The first-order chi connectivity index (χ1) is 9.11. The van der Waals surface area contributed by atoms with Crippen LogP contribution in [0.5, 0.6) is 0 Å². The van der Waals surface area contributed by atoms with Gasteiger partial charge in [-0.2, -0.15) is 0 Å². The van der Waals surface area contributed by atoms with Gasteiger partial charge in [0.15, 0.2) is 0 Å². The van der Waals surface area contributed by atoms with Crippen molar-refractivity contribution in [3.63, 3.8) is 0 Å². The summed E-state index contributed by atoms with van der Waals surface area (Å²) >= 11 is 3.48. The number of hydrogen-bond acceptors (Lipinski definition) is 1. The van der Waals surface area contributed by atoms with E-state index in [1.165, 1.54) is 19.3 Å². The zero-order valence-corrected chi connectivity index (χ0v) is 13.4. The van der Waals surface area contributed by atoms with Crippen molar-refractivity contribution in [2.45, 2.75) is 52.0 Å². The summed E-state index contributed by atoms with van der Waals surface area (Å²) in [5, 5.41) is 0. The summed E-state index contributed by atoms with van der Waals surface area (Å²) < 4.78 is 0.982. The average molecular weight is 324 g/mol. The van der Waals surface area contributed by atoms with E-state index in [1.54, 1.807) is 0 Å². The number of benzene rings is 1. The molecule has 0 unspecified atom stereocenters. The fourth-order valence-corrected chi connectivity index (χ4v) is 3.59. The van der Waals surface area contributed by atoms with Gasteiger partial charge in [0.05, 0.1) is 0 Å². The van der Waals surface area contributed by atoms with E-state index in [0.29, 0.717) is 6.04 Å². The number of halogens is 1. The lowest BCUT2D eigenvalue weighted by Crippen LogP contribution is -2.41. The molecule has 0 radical (unpaired) electrons. The number of carbonyl (C=O) groups is 1. The van der Waals surface area contributed by atoms with Crippen LogP contribution in [0.15, 0.2) is 22.7 Å². The molecule has 1 fully saturated rings. The normalized spacial score (nSPS) is 16.4. The van der Waals surface area contributed by atoms with E-state index in [2.05, 4.69) is 27.8 Å². The first-order valence-corrected chi connectivity index (χ1v) is 7.99. The van der Waals surface area contributed by atoms with Crippen LogP contribution < -0.4 is 0 Å². The molecule has 1 aliphatic rings. The van der Waals surface area contributed by atoms with E-state index < -0.39 is 0 Å². The van der Waals surface area contributed by atoms with Crippen LogP contribution in [0.2, 0.25) is 0 Å². The van der Waals surface area contributed by atoms with Crippen LogP contribution in [0, 0.1) is 6.92 Å². The van der Waals surface area contributed by atoms with E-state index in [4.69, 9.17) is 0 Å². The monoisotopic (exact) mass is 323 g/mol. The Bertz CT molecular complexity index is 432. The van der Waals surface area contributed by atoms with Gasteiger partial charge < -0.3 is 4.90 Å². The number of aryl methyl sites for hydroxylation is 1. The first kappa shape index (κ1) is 14.6. The molecular weight excluding hydrogens is 302 g/mol. The number of hydrogen-bond donors (Lipinski definition) is 0. The molecule has 0 saturated heterocycles. The zero-order chi connectivity index (χ0) is 13.8. The highest BCUT2D eigenvalue weighted by molar-refractivity contribution is 9.10. The molecule has 0 atom stereocenters. The molecule has 0 heterocycles. The Balaban J connectivity index is 2.19. The molecule has 19 heavy (non-hydrogen) atoms. The number of carbonyl (C=O) groups excluding carboxylic acids is 1. The minimum absolute atomic E-state index is 0.179. The van der Waals surface area contributed by atoms with Crippen LogP contribution in [-0.4, -0.2) is 23.4 Å². The molecule has 1 aromatic rings. The molecule has 3 heteroatoms. The highest BCUT2D eigenvalue weighted by Gasteiger charge is 2.25. The number of amides is 1. The van der Waals surface area contributed by atoms with Crippen LogP contribution in [-0.2, 0) is 0 Å². The van der Waals surface area contributed by atoms with Crippen molar-refractivity contribution in [2.75, 3.05) is 6.54 Å². The number of nitrogens with zero attached hydrogens (tertiary/aromatic N) is 1. The van der Waals surface area contributed by atoms with E-state index in [9.17, 15) is 4.79 Å². The fraction of sp³-hybridized carbons (Fsp3) is 0.562. The van der Waals surface area contributed by atoms with Gasteiger partial charge in [0.1, 0.15) is 0 Å². The largest absolute Gasteiger partial charge is 0.336 e. The smallest absolute Gasteiger partial charge is 0.254 e. The predicted octanol–water partition coefficient (Wildman–Crippen LogP) is 4.55. The molecule has 0 N–H and O–H groups in total. The molecule has 2 rings (SSSR count). The van der Waals surface area contributed by atoms with Gasteiger partial charge in [-0.1, -0.05) is 35.2 Å². The average Bonchev–Trinajstić information content (AvgIpc) is 2.39. The first-order valence-electron chi connectivity index (χ1n) is 7.20. The highest BCUT2D eigenvalue weighted by atomic mass is 79.9. The van der Waals surface area contributed by atoms with Crippen molar-refractivity contribution in [1.29, 1.82) is 0 Å². The van der Waals surface area contributed by atoms with Gasteiger partial charge in [-0.3, -0.25) is 4.79 Å². The summed E-state index contributed by atoms with van der Waals surface area (Å²) in [7, 11) is 0. The van der Waals surface area contributed by atoms with Crippen molar-refractivity contribution >= 4 is 21.8 Å². The van der Waals surface area contributed by atoms with Crippen molar-refractivity contribution in [2.24, 2.45) is 0 Å². The van der Waals surface area contributed by atoms with Gasteiger partial charge in [0, 0.05) is 22.6 Å². The van der Waals surface area contributed by atoms with Crippen molar-refractivity contribution in [3.05, 3.63) is 33.8 Å². The summed E-state index contributed by atoms with van der Waals surface area (Å²) in [6.45, 7) is 4.91. The van der Waals surface area contributed by atoms with Gasteiger partial charge in [-0.15, -0.1) is 0 Å². The molecule has 0 spiro atoms. The van der Waals surface area contributed by atoms with Gasteiger partial charge in [0.25, 0.3) is 5.91 Å². The van der Waals surface area contributed by atoms with Crippen LogP contribution >= 0.6 is 15.9 Å². The molecule has 1 saturated carbocycles. The third-order valence-corrected chi connectivity index (χ3v) is 4.36. The standard InChI is InChI=1S/C16H22BrNO/c1-3-18(15-7-5-4-6-8-15)16(19)13-9-12(2)10-14(17)11-13/h9-11,15H,3-8H2,1-2H3. The topological polar surface area (TPSA) is 20.3 Å². The fourth-order valence-electron chi connectivity index (χ4n) is 2.99. The second-order valence-corrected chi connectivity index (χ2v) is 6.32. The summed E-state index contributed by atoms with van der Waals surface area (Å²) in [6.07, 6.45) is 6.15. The lowest BCUT2D eigenvalue weighted by Gasteiger charge is -2.33. The minimum atomic E-state index is 0.179. The van der Waals surface area contributed by atoms with Crippen molar-refractivity contribution in [1.82, 2.24) is 4.90 Å². The molecular formula is C16H22BrNO. The molecule has 2 nitrogen and oxygen atoms in total. The zero-order valence-electron chi connectivity index (χ0n) is 11.8. The Morgan fingerprint density at radius 1 is 1.26 bits per heavy atom. The Morgan fingerprint density at radius 3 is 2.53 bits per heavy atom. The molecule has 0 aromatic heterocycles. The van der Waals surface area contributed by atoms with E-state index in [1.807, 2.05) is 25.1 Å². The second-order valence-electron chi connectivity index (χ2n) is 5.40. The molecule has 1 aliphatic carbocycles. The number of rotatable bonds is 3. The van der Waals surface area contributed by atoms with E-state index in [0.717, 1.165) is 35.0 Å². The third kappa shape index (κ3) is 3.59. The third-order valence-electron chi connectivity index (χ3n) is 3.91. The minimum Gasteiger partial charge on any atom is -0.336 e. The predicted molar refractivity (Wildman–Crippen MR) is 82.5 cm³/mol. The molecule has 0 aliphatic heterocycles. The maximum Gasteiger partial charge on any atom is 0.254 e. The Labute approximate surface area is 124 Å². The second kappa shape index (κ2) is 6.56. The van der Waals surface area contributed by atoms with Gasteiger partial charge >= 0.3 is 0 Å². The summed E-state index contributed by atoms with van der Waals surface area (Å²) in [5.41, 5.74) is 1.93. The quantitative estimate of drug-likeness (QED) is 0.798. The molecule has 1 amide bonds. The lowest BCUT2D eigenvalue weighted by molar-refractivity contribution is 0.0648. The summed E-state index contributed by atoms with van der Waals surface area (Å²) in [4.78, 5) is 14.7. The van der Waals surface area contributed by atoms with Crippen LogP contribution in [0.3, 0.4) is 0 Å². The Morgan fingerprint density at radius 2 is 1.95 bits per heavy atom. The van der Waals surface area contributed by atoms with E-state index >= 15 is 0 Å². The SMILES string of the molecule is CCN(C(=O)c1cc(C)cc(Br)c1)C1CCCCC1. The van der Waals surface area contributed by atoms with Crippen molar-refractivity contribution in [3.8, 4) is 0 Å². The highest BCUT2D eigenvalue weighted by Crippen LogP contribution is 2.25. The van der Waals surface area contributed by atoms with Gasteiger partial charge in [0.2, 0.25) is 0 Å².